The van der Waals surface area contributed by atoms with E-state index in [-0.39, 0.29) is 6.04 Å². The third-order valence-electron chi connectivity index (χ3n) is 3.99. The predicted molar refractivity (Wildman–Crippen MR) is 84.5 cm³/mol. The zero-order valence-electron chi connectivity index (χ0n) is 12.5. The van der Waals surface area contributed by atoms with Gasteiger partial charge in [0.2, 0.25) is 0 Å². The van der Waals surface area contributed by atoms with Gasteiger partial charge in [-0.1, -0.05) is 18.5 Å². The molecule has 1 aromatic carbocycles. The average molecular weight is 309 g/mol. The van der Waals surface area contributed by atoms with E-state index in [0.29, 0.717) is 17.3 Å². The molecule has 0 bridgehead atoms. The SMILES string of the molecule is CCC1CCCCN1C(=O)C(=O)Nc1ccc(Cl)cc1C. The molecule has 1 heterocycles. The number of nitrogens with zero attached hydrogens (tertiary/aromatic N) is 1. The number of nitrogens with one attached hydrogen (secondary N) is 1. The molecule has 1 aromatic rings. The standard InChI is InChI=1S/C16H21ClN2O2/c1-3-13-6-4-5-9-19(13)16(21)15(20)18-14-8-7-12(17)10-11(14)2/h7-8,10,13H,3-6,9H2,1-2H3,(H,18,20). The Hall–Kier alpha value is -1.55. The largest absolute Gasteiger partial charge is 0.331 e. The van der Waals surface area contributed by atoms with E-state index in [1.807, 2.05) is 6.92 Å². The van der Waals surface area contributed by atoms with Crippen LogP contribution in [0.15, 0.2) is 18.2 Å². The number of halogens is 1. The molecule has 2 rings (SSSR count). The van der Waals surface area contributed by atoms with E-state index in [0.717, 1.165) is 31.2 Å². The van der Waals surface area contributed by atoms with Gasteiger partial charge in [-0.3, -0.25) is 9.59 Å². The zero-order chi connectivity index (χ0) is 15.4. The average Bonchev–Trinajstić information content (AvgIpc) is 2.49. The molecule has 0 radical (unpaired) electrons. The van der Waals surface area contributed by atoms with Crippen molar-refractivity contribution in [3.05, 3.63) is 28.8 Å². The molecule has 2 amide bonds. The smallest absolute Gasteiger partial charge is 0.313 e. The Morgan fingerprint density at radius 1 is 1.38 bits per heavy atom. The number of piperidine rings is 1. The maximum Gasteiger partial charge on any atom is 0.313 e. The van der Waals surface area contributed by atoms with E-state index < -0.39 is 11.8 Å². The van der Waals surface area contributed by atoms with Crippen molar-refractivity contribution in [3.8, 4) is 0 Å². The highest BCUT2D eigenvalue weighted by molar-refractivity contribution is 6.39. The van der Waals surface area contributed by atoms with Gasteiger partial charge in [0.1, 0.15) is 0 Å². The topological polar surface area (TPSA) is 49.4 Å². The molecular weight excluding hydrogens is 288 g/mol. The molecule has 1 saturated heterocycles. The summed E-state index contributed by atoms with van der Waals surface area (Å²) < 4.78 is 0. The van der Waals surface area contributed by atoms with Crippen LogP contribution in [0, 0.1) is 6.92 Å². The third-order valence-corrected chi connectivity index (χ3v) is 4.23. The van der Waals surface area contributed by atoms with Gasteiger partial charge in [-0.15, -0.1) is 0 Å². The molecule has 0 spiro atoms. The Labute approximate surface area is 130 Å². The highest BCUT2D eigenvalue weighted by atomic mass is 35.5. The van der Waals surface area contributed by atoms with Crippen molar-refractivity contribution in [2.75, 3.05) is 11.9 Å². The van der Waals surface area contributed by atoms with E-state index in [1.54, 1.807) is 23.1 Å². The zero-order valence-corrected chi connectivity index (χ0v) is 13.2. The molecule has 1 aliphatic heterocycles. The van der Waals surface area contributed by atoms with E-state index >= 15 is 0 Å². The summed E-state index contributed by atoms with van der Waals surface area (Å²) in [4.78, 5) is 26.2. The second-order valence-electron chi connectivity index (χ2n) is 5.47. The monoisotopic (exact) mass is 308 g/mol. The molecule has 1 aliphatic rings. The molecule has 1 fully saturated rings. The molecule has 4 nitrogen and oxygen atoms in total. The number of amides is 2. The summed E-state index contributed by atoms with van der Waals surface area (Å²) in [6.07, 6.45) is 3.96. The summed E-state index contributed by atoms with van der Waals surface area (Å²) in [7, 11) is 0. The van der Waals surface area contributed by atoms with E-state index in [1.165, 1.54) is 0 Å². The quantitative estimate of drug-likeness (QED) is 0.852. The van der Waals surface area contributed by atoms with Crippen LogP contribution in [0.25, 0.3) is 0 Å². The van der Waals surface area contributed by atoms with Crippen molar-refractivity contribution in [2.24, 2.45) is 0 Å². The Kier molecular flexibility index (Phi) is 5.23. The third kappa shape index (κ3) is 3.76. The van der Waals surface area contributed by atoms with Crippen molar-refractivity contribution in [1.82, 2.24) is 4.90 Å². The Morgan fingerprint density at radius 2 is 2.14 bits per heavy atom. The second-order valence-corrected chi connectivity index (χ2v) is 5.91. The number of hydrogen-bond donors (Lipinski definition) is 1. The van der Waals surface area contributed by atoms with Crippen LogP contribution in [-0.4, -0.2) is 29.3 Å². The van der Waals surface area contributed by atoms with Crippen LogP contribution in [0.2, 0.25) is 5.02 Å². The van der Waals surface area contributed by atoms with Gasteiger partial charge in [-0.2, -0.15) is 0 Å². The lowest BCUT2D eigenvalue weighted by Crippen LogP contribution is -2.48. The van der Waals surface area contributed by atoms with Crippen molar-refractivity contribution < 1.29 is 9.59 Å². The minimum Gasteiger partial charge on any atom is -0.331 e. The number of rotatable bonds is 2. The maximum atomic E-state index is 12.3. The summed E-state index contributed by atoms with van der Waals surface area (Å²) in [6, 6.07) is 5.36. The molecule has 1 N–H and O–H groups in total. The lowest BCUT2D eigenvalue weighted by molar-refractivity contribution is -0.145. The van der Waals surface area contributed by atoms with E-state index in [9.17, 15) is 9.59 Å². The second kappa shape index (κ2) is 6.94. The summed E-state index contributed by atoms with van der Waals surface area (Å²) >= 11 is 5.89. The fraction of sp³-hybridized carbons (Fsp3) is 0.500. The predicted octanol–water partition coefficient (Wildman–Crippen LogP) is 3.38. The van der Waals surface area contributed by atoms with Crippen LogP contribution in [0.4, 0.5) is 5.69 Å². The molecular formula is C16H21ClN2O2. The summed E-state index contributed by atoms with van der Waals surface area (Å²) in [6.45, 7) is 4.57. The molecule has 5 heteroatoms. The number of carbonyl (C=O) groups excluding carboxylic acids is 2. The van der Waals surface area contributed by atoms with Crippen LogP contribution in [-0.2, 0) is 9.59 Å². The Morgan fingerprint density at radius 3 is 2.81 bits per heavy atom. The first kappa shape index (κ1) is 15.8. The first-order valence-electron chi connectivity index (χ1n) is 7.41. The Balaban J connectivity index is 2.06. The van der Waals surface area contributed by atoms with E-state index in [2.05, 4.69) is 12.2 Å². The van der Waals surface area contributed by atoms with Gasteiger partial charge < -0.3 is 10.2 Å². The fourth-order valence-electron chi connectivity index (χ4n) is 2.77. The van der Waals surface area contributed by atoms with Crippen LogP contribution in [0.3, 0.4) is 0 Å². The Bertz CT molecular complexity index is 545. The highest BCUT2D eigenvalue weighted by Crippen LogP contribution is 2.22. The number of aryl methyl sites for hydroxylation is 1. The van der Waals surface area contributed by atoms with E-state index in [4.69, 9.17) is 11.6 Å². The highest BCUT2D eigenvalue weighted by Gasteiger charge is 2.29. The number of benzene rings is 1. The normalized spacial score (nSPS) is 18.4. The molecule has 1 atom stereocenters. The summed E-state index contributed by atoms with van der Waals surface area (Å²) in [5.41, 5.74) is 1.47. The molecule has 0 aromatic heterocycles. The summed E-state index contributed by atoms with van der Waals surface area (Å²) in [5, 5.41) is 3.30. The van der Waals surface area contributed by atoms with Gasteiger partial charge in [-0.05, 0) is 56.4 Å². The van der Waals surface area contributed by atoms with Gasteiger partial charge in [-0.25, -0.2) is 0 Å². The van der Waals surface area contributed by atoms with Crippen LogP contribution >= 0.6 is 11.6 Å². The van der Waals surface area contributed by atoms with Crippen molar-refractivity contribution in [3.63, 3.8) is 0 Å². The first-order chi connectivity index (χ1) is 10.0. The van der Waals surface area contributed by atoms with Crippen molar-refractivity contribution in [1.29, 1.82) is 0 Å². The number of carbonyl (C=O) groups is 2. The van der Waals surface area contributed by atoms with Gasteiger partial charge >= 0.3 is 11.8 Å². The first-order valence-corrected chi connectivity index (χ1v) is 7.78. The molecule has 21 heavy (non-hydrogen) atoms. The van der Waals surface area contributed by atoms with Crippen LogP contribution < -0.4 is 5.32 Å². The minimum absolute atomic E-state index is 0.184. The number of hydrogen-bond acceptors (Lipinski definition) is 2. The number of likely N-dealkylation sites (tertiary alicyclic amines) is 1. The van der Waals surface area contributed by atoms with Gasteiger partial charge in [0.25, 0.3) is 0 Å². The van der Waals surface area contributed by atoms with Crippen LogP contribution in [0.1, 0.15) is 38.2 Å². The van der Waals surface area contributed by atoms with Crippen molar-refractivity contribution >= 4 is 29.1 Å². The van der Waals surface area contributed by atoms with Gasteiger partial charge in [0.15, 0.2) is 0 Å². The molecule has 1 unspecified atom stereocenters. The van der Waals surface area contributed by atoms with Crippen LogP contribution in [0.5, 0.6) is 0 Å². The van der Waals surface area contributed by atoms with Crippen molar-refractivity contribution in [2.45, 2.75) is 45.6 Å². The lowest BCUT2D eigenvalue weighted by atomic mass is 10.00. The van der Waals surface area contributed by atoms with Gasteiger partial charge in [0, 0.05) is 23.3 Å². The molecule has 0 saturated carbocycles. The fourth-order valence-corrected chi connectivity index (χ4v) is 2.99. The number of anilines is 1. The minimum atomic E-state index is -0.569. The maximum absolute atomic E-state index is 12.3. The lowest BCUT2D eigenvalue weighted by Gasteiger charge is -2.34. The molecule has 114 valence electrons. The summed E-state index contributed by atoms with van der Waals surface area (Å²) in [5.74, 6) is -1.00. The molecule has 0 aliphatic carbocycles. The van der Waals surface area contributed by atoms with Gasteiger partial charge in [0.05, 0.1) is 0 Å².